The van der Waals surface area contributed by atoms with E-state index in [-0.39, 0.29) is 5.91 Å². The number of hydrogen-bond acceptors (Lipinski definition) is 2. The highest BCUT2D eigenvalue weighted by atomic mass is 35.5. The Morgan fingerprint density at radius 3 is 2.67 bits per heavy atom. The average molecular weight is 264 g/mol. The first-order valence-corrected chi connectivity index (χ1v) is 5.96. The van der Waals surface area contributed by atoms with Crippen molar-refractivity contribution < 1.29 is 4.79 Å². The second-order valence-electron chi connectivity index (χ2n) is 4.18. The highest BCUT2D eigenvalue weighted by molar-refractivity contribution is 6.31. The molecule has 18 heavy (non-hydrogen) atoms. The fourth-order valence-corrected chi connectivity index (χ4v) is 1.99. The van der Waals surface area contributed by atoms with E-state index in [4.69, 9.17) is 11.6 Å². The van der Waals surface area contributed by atoms with Crippen LogP contribution in [0.15, 0.2) is 18.2 Å². The molecule has 1 amide bonds. The molecule has 0 aliphatic carbocycles. The number of rotatable bonds is 2. The van der Waals surface area contributed by atoms with Crippen LogP contribution in [-0.2, 0) is 0 Å². The second kappa shape index (κ2) is 4.82. The molecule has 5 heteroatoms. The van der Waals surface area contributed by atoms with E-state index in [1.54, 1.807) is 19.1 Å². The number of amides is 1. The van der Waals surface area contributed by atoms with Crippen molar-refractivity contribution in [1.82, 2.24) is 10.2 Å². The van der Waals surface area contributed by atoms with Crippen molar-refractivity contribution in [2.24, 2.45) is 0 Å². The van der Waals surface area contributed by atoms with Gasteiger partial charge >= 0.3 is 0 Å². The molecule has 0 bridgehead atoms. The average Bonchev–Trinajstić information content (AvgIpc) is 2.65. The van der Waals surface area contributed by atoms with E-state index in [1.807, 2.05) is 19.9 Å². The zero-order chi connectivity index (χ0) is 13.3. The Hall–Kier alpha value is -1.81. The van der Waals surface area contributed by atoms with Gasteiger partial charge in [0.25, 0.3) is 5.91 Å². The summed E-state index contributed by atoms with van der Waals surface area (Å²) in [5.41, 5.74) is 3.59. The van der Waals surface area contributed by atoms with Gasteiger partial charge in [-0.3, -0.25) is 9.89 Å². The molecular formula is C13H14ClN3O. The number of benzene rings is 1. The van der Waals surface area contributed by atoms with Crippen LogP contribution in [0.4, 0.5) is 5.69 Å². The quantitative estimate of drug-likeness (QED) is 0.874. The number of carbonyl (C=O) groups is 1. The lowest BCUT2D eigenvalue weighted by atomic mass is 10.1. The molecule has 0 unspecified atom stereocenters. The molecular weight excluding hydrogens is 250 g/mol. The molecule has 2 N–H and O–H groups in total. The molecule has 0 aliphatic rings. The minimum absolute atomic E-state index is 0.177. The normalized spacial score (nSPS) is 10.4. The molecule has 0 fully saturated rings. The fraction of sp³-hybridized carbons (Fsp3) is 0.231. The highest BCUT2D eigenvalue weighted by Crippen LogP contribution is 2.24. The van der Waals surface area contributed by atoms with Gasteiger partial charge in [0, 0.05) is 16.4 Å². The van der Waals surface area contributed by atoms with E-state index < -0.39 is 0 Å². The summed E-state index contributed by atoms with van der Waals surface area (Å²) in [4.78, 5) is 12.2. The number of nitrogens with one attached hydrogen (secondary N) is 2. The summed E-state index contributed by atoms with van der Waals surface area (Å²) in [7, 11) is 0. The number of anilines is 1. The molecule has 0 saturated heterocycles. The Bertz CT molecular complexity index is 585. The first kappa shape index (κ1) is 12.6. The van der Waals surface area contributed by atoms with Gasteiger partial charge in [0.05, 0.1) is 11.3 Å². The van der Waals surface area contributed by atoms with Crippen molar-refractivity contribution >= 4 is 23.2 Å². The number of carbonyl (C=O) groups excluding carboxylic acids is 1. The van der Waals surface area contributed by atoms with Crippen LogP contribution in [0, 0.1) is 20.8 Å². The van der Waals surface area contributed by atoms with Crippen molar-refractivity contribution in [2.45, 2.75) is 20.8 Å². The predicted octanol–water partition coefficient (Wildman–Crippen LogP) is 3.24. The summed E-state index contributed by atoms with van der Waals surface area (Å²) >= 11 is 6.01. The van der Waals surface area contributed by atoms with Crippen LogP contribution in [-0.4, -0.2) is 16.1 Å². The molecule has 2 aromatic rings. The van der Waals surface area contributed by atoms with E-state index in [9.17, 15) is 4.79 Å². The van der Waals surface area contributed by atoms with Gasteiger partial charge in [0.15, 0.2) is 0 Å². The lowest BCUT2D eigenvalue weighted by Crippen LogP contribution is -2.14. The van der Waals surface area contributed by atoms with Crippen LogP contribution in [0.25, 0.3) is 0 Å². The van der Waals surface area contributed by atoms with Gasteiger partial charge in [0.1, 0.15) is 0 Å². The van der Waals surface area contributed by atoms with E-state index >= 15 is 0 Å². The number of aryl methyl sites for hydroxylation is 2. The number of aromatic nitrogens is 2. The van der Waals surface area contributed by atoms with Crippen molar-refractivity contribution in [3.8, 4) is 0 Å². The van der Waals surface area contributed by atoms with E-state index in [0.29, 0.717) is 22.0 Å². The summed E-state index contributed by atoms with van der Waals surface area (Å²) in [5.74, 6) is -0.177. The summed E-state index contributed by atoms with van der Waals surface area (Å²) in [6, 6.07) is 5.42. The number of hydrogen-bond donors (Lipinski definition) is 2. The number of H-pyrrole nitrogens is 1. The third-order valence-corrected chi connectivity index (χ3v) is 3.28. The van der Waals surface area contributed by atoms with E-state index in [1.165, 1.54) is 0 Å². The minimum Gasteiger partial charge on any atom is -0.322 e. The van der Waals surface area contributed by atoms with Crippen molar-refractivity contribution in [3.63, 3.8) is 0 Å². The van der Waals surface area contributed by atoms with Crippen LogP contribution in [0.2, 0.25) is 5.02 Å². The predicted molar refractivity (Wildman–Crippen MR) is 72.2 cm³/mol. The summed E-state index contributed by atoms with van der Waals surface area (Å²) in [6.45, 7) is 5.48. The summed E-state index contributed by atoms with van der Waals surface area (Å²) in [6.07, 6.45) is 0. The zero-order valence-electron chi connectivity index (χ0n) is 10.5. The van der Waals surface area contributed by atoms with Gasteiger partial charge in [-0.05, 0) is 38.5 Å². The summed E-state index contributed by atoms with van der Waals surface area (Å²) < 4.78 is 0. The topological polar surface area (TPSA) is 57.8 Å². The van der Waals surface area contributed by atoms with Crippen molar-refractivity contribution in [3.05, 3.63) is 45.7 Å². The van der Waals surface area contributed by atoms with E-state index in [2.05, 4.69) is 15.5 Å². The molecule has 0 aliphatic heterocycles. The SMILES string of the molecule is Cc1n[nH]c(C)c1C(=O)Nc1cccc(Cl)c1C. The summed E-state index contributed by atoms with van der Waals surface area (Å²) in [5, 5.41) is 10.3. The molecule has 0 radical (unpaired) electrons. The van der Waals surface area contributed by atoms with Crippen LogP contribution >= 0.6 is 11.6 Å². The Labute approximate surface area is 110 Å². The molecule has 0 atom stereocenters. The van der Waals surface area contributed by atoms with Crippen LogP contribution in [0.3, 0.4) is 0 Å². The van der Waals surface area contributed by atoms with Gasteiger partial charge in [-0.15, -0.1) is 0 Å². The first-order valence-electron chi connectivity index (χ1n) is 5.58. The standard InChI is InChI=1S/C13H14ClN3O/c1-7-10(14)5-4-6-11(7)15-13(18)12-8(2)16-17-9(12)3/h4-6H,1-3H3,(H,15,18)(H,16,17). The lowest BCUT2D eigenvalue weighted by molar-refractivity contribution is 0.102. The van der Waals surface area contributed by atoms with Gasteiger partial charge in [0.2, 0.25) is 0 Å². The molecule has 2 rings (SSSR count). The number of nitrogens with zero attached hydrogens (tertiary/aromatic N) is 1. The monoisotopic (exact) mass is 263 g/mol. The molecule has 1 aromatic carbocycles. The second-order valence-corrected chi connectivity index (χ2v) is 4.58. The van der Waals surface area contributed by atoms with E-state index in [0.717, 1.165) is 11.3 Å². The maximum atomic E-state index is 12.2. The van der Waals surface area contributed by atoms with Crippen molar-refractivity contribution in [1.29, 1.82) is 0 Å². The smallest absolute Gasteiger partial charge is 0.259 e. The molecule has 1 aromatic heterocycles. The Morgan fingerprint density at radius 2 is 2.06 bits per heavy atom. The maximum Gasteiger partial charge on any atom is 0.259 e. The van der Waals surface area contributed by atoms with Crippen LogP contribution < -0.4 is 5.32 Å². The molecule has 1 heterocycles. The third-order valence-electron chi connectivity index (χ3n) is 2.87. The van der Waals surface area contributed by atoms with Gasteiger partial charge < -0.3 is 5.32 Å². The van der Waals surface area contributed by atoms with Gasteiger partial charge in [-0.25, -0.2) is 0 Å². The highest BCUT2D eigenvalue weighted by Gasteiger charge is 2.16. The maximum absolute atomic E-state index is 12.2. The van der Waals surface area contributed by atoms with Gasteiger partial charge in [-0.1, -0.05) is 17.7 Å². The minimum atomic E-state index is -0.177. The number of halogens is 1. The van der Waals surface area contributed by atoms with Crippen molar-refractivity contribution in [2.75, 3.05) is 5.32 Å². The van der Waals surface area contributed by atoms with Crippen LogP contribution in [0.1, 0.15) is 27.3 Å². The molecule has 94 valence electrons. The first-order chi connectivity index (χ1) is 8.50. The number of aromatic amines is 1. The Morgan fingerprint density at radius 1 is 1.33 bits per heavy atom. The molecule has 4 nitrogen and oxygen atoms in total. The third kappa shape index (κ3) is 2.24. The largest absolute Gasteiger partial charge is 0.322 e. The molecule has 0 spiro atoms. The van der Waals surface area contributed by atoms with Gasteiger partial charge in [-0.2, -0.15) is 5.10 Å². The Balaban J connectivity index is 2.30. The van der Waals surface area contributed by atoms with Crippen LogP contribution in [0.5, 0.6) is 0 Å². The fourth-order valence-electron chi connectivity index (χ4n) is 1.81. The Kier molecular flexibility index (Phi) is 3.39. The lowest BCUT2D eigenvalue weighted by Gasteiger charge is -2.09. The molecule has 0 saturated carbocycles. The zero-order valence-corrected chi connectivity index (χ0v) is 11.2.